The Bertz CT molecular complexity index is 401. The molecule has 1 N–H and O–H groups in total. The molecule has 1 aromatic rings. The van der Waals surface area contributed by atoms with E-state index in [1.54, 1.807) is 0 Å². The van der Waals surface area contributed by atoms with Crippen LogP contribution in [0.5, 0.6) is 0 Å². The van der Waals surface area contributed by atoms with E-state index >= 15 is 0 Å². The summed E-state index contributed by atoms with van der Waals surface area (Å²) in [6.45, 7) is 0.213. The van der Waals surface area contributed by atoms with Gasteiger partial charge in [0.1, 0.15) is 5.69 Å². The molecule has 0 saturated heterocycles. The molecule has 96 valence electrons. The van der Waals surface area contributed by atoms with Gasteiger partial charge in [-0.05, 0) is 18.9 Å². The van der Waals surface area contributed by atoms with E-state index in [4.69, 9.17) is 16.7 Å². The van der Waals surface area contributed by atoms with E-state index in [9.17, 15) is 18.0 Å². The number of aromatic nitrogens is 1. The first-order chi connectivity index (χ1) is 7.79. The lowest BCUT2D eigenvalue weighted by Crippen LogP contribution is -2.10. The molecule has 0 aliphatic rings. The Hall–Kier alpha value is -1.17. The first-order valence-corrected chi connectivity index (χ1v) is 5.33. The highest BCUT2D eigenvalue weighted by Gasteiger charge is 2.25. The maximum absolute atomic E-state index is 11.9. The van der Waals surface area contributed by atoms with Crippen LogP contribution in [0, 0.1) is 0 Å². The Labute approximate surface area is 101 Å². The lowest BCUT2D eigenvalue weighted by atomic mass is 10.2. The number of carboxylic acids is 1. The average Bonchev–Trinajstić information content (AvgIpc) is 2.53. The molecule has 3 nitrogen and oxygen atoms in total. The molecule has 0 aliphatic heterocycles. The number of alkyl halides is 3. The topological polar surface area (TPSA) is 42.2 Å². The normalized spacial score (nSPS) is 11.8. The molecule has 0 aliphatic carbocycles. The van der Waals surface area contributed by atoms with E-state index in [0.717, 1.165) is 0 Å². The molecular weight excluding hydrogens is 259 g/mol. The molecular formula is C10H11ClF3NO2. The summed E-state index contributed by atoms with van der Waals surface area (Å²) in [4.78, 5) is 10.8. The highest BCUT2D eigenvalue weighted by Crippen LogP contribution is 2.23. The Morgan fingerprint density at radius 1 is 1.41 bits per heavy atom. The van der Waals surface area contributed by atoms with E-state index in [0.29, 0.717) is 0 Å². The van der Waals surface area contributed by atoms with Gasteiger partial charge in [-0.3, -0.25) is 0 Å². The summed E-state index contributed by atoms with van der Waals surface area (Å²) < 4.78 is 37.0. The fraction of sp³-hybridized carbons (Fsp3) is 0.500. The number of aryl methyl sites for hydroxylation is 1. The highest BCUT2D eigenvalue weighted by molar-refractivity contribution is 6.30. The average molecular weight is 270 g/mol. The summed E-state index contributed by atoms with van der Waals surface area (Å²) in [6, 6.07) is 1.27. The number of carboxylic acid groups (broad SMARTS) is 1. The van der Waals surface area contributed by atoms with E-state index in [1.165, 1.54) is 16.8 Å². The maximum atomic E-state index is 11.9. The maximum Gasteiger partial charge on any atom is 0.389 e. The third-order valence-electron chi connectivity index (χ3n) is 2.19. The summed E-state index contributed by atoms with van der Waals surface area (Å²) in [6.07, 6.45) is -3.39. The molecule has 1 aromatic heterocycles. The molecule has 0 fully saturated rings. The van der Waals surface area contributed by atoms with Crippen LogP contribution in [-0.2, 0) is 6.54 Å². The van der Waals surface area contributed by atoms with Crippen molar-refractivity contribution in [2.75, 3.05) is 0 Å². The lowest BCUT2D eigenvalue weighted by Gasteiger charge is -2.07. The van der Waals surface area contributed by atoms with Gasteiger partial charge in [0.25, 0.3) is 0 Å². The minimum Gasteiger partial charge on any atom is -0.477 e. The fourth-order valence-electron chi connectivity index (χ4n) is 1.45. The molecule has 0 saturated carbocycles. The second-order valence-corrected chi connectivity index (χ2v) is 4.05. The standard InChI is InChI=1S/C10H11ClF3NO2/c11-7-5-8(9(16)17)15(6-7)4-2-1-3-10(12,13)14/h5-6H,1-4H2,(H,16,17). The van der Waals surface area contributed by atoms with Crippen molar-refractivity contribution in [2.45, 2.75) is 32.0 Å². The highest BCUT2D eigenvalue weighted by atomic mass is 35.5. The van der Waals surface area contributed by atoms with Crippen LogP contribution in [0.3, 0.4) is 0 Å². The Balaban J connectivity index is 2.49. The van der Waals surface area contributed by atoms with Gasteiger partial charge in [0, 0.05) is 19.2 Å². The summed E-state index contributed by atoms with van der Waals surface area (Å²) >= 11 is 5.63. The quantitative estimate of drug-likeness (QED) is 0.830. The molecule has 0 bridgehead atoms. The van der Waals surface area contributed by atoms with Gasteiger partial charge < -0.3 is 9.67 Å². The third-order valence-corrected chi connectivity index (χ3v) is 2.40. The van der Waals surface area contributed by atoms with E-state index < -0.39 is 18.6 Å². The predicted molar refractivity (Wildman–Crippen MR) is 56.3 cm³/mol. The number of hydrogen-bond donors (Lipinski definition) is 1. The second-order valence-electron chi connectivity index (χ2n) is 3.61. The number of halogens is 4. The summed E-state index contributed by atoms with van der Waals surface area (Å²) in [5.41, 5.74) is -0.0120. The van der Waals surface area contributed by atoms with Crippen molar-refractivity contribution in [1.29, 1.82) is 0 Å². The van der Waals surface area contributed by atoms with Crippen LogP contribution in [0.1, 0.15) is 29.8 Å². The fourth-order valence-corrected chi connectivity index (χ4v) is 1.67. The van der Waals surface area contributed by atoms with Gasteiger partial charge in [-0.2, -0.15) is 13.2 Å². The Morgan fingerprint density at radius 2 is 2.06 bits per heavy atom. The van der Waals surface area contributed by atoms with E-state index in [2.05, 4.69) is 0 Å². The molecule has 1 rings (SSSR count). The summed E-state index contributed by atoms with van der Waals surface area (Å²) in [7, 11) is 0. The number of rotatable bonds is 5. The Kier molecular flexibility index (Phi) is 4.45. The first kappa shape index (κ1) is 13.9. The van der Waals surface area contributed by atoms with Crippen LogP contribution < -0.4 is 0 Å². The molecule has 0 radical (unpaired) electrons. The molecule has 17 heavy (non-hydrogen) atoms. The number of carbonyl (C=O) groups is 1. The Morgan fingerprint density at radius 3 is 2.59 bits per heavy atom. The zero-order valence-corrected chi connectivity index (χ0v) is 9.55. The van der Waals surface area contributed by atoms with Gasteiger partial charge in [-0.15, -0.1) is 0 Å². The molecule has 0 aromatic carbocycles. The SMILES string of the molecule is O=C(O)c1cc(Cl)cn1CCCCC(F)(F)F. The monoisotopic (exact) mass is 269 g/mol. The van der Waals surface area contributed by atoms with Crippen LogP contribution in [0.2, 0.25) is 5.02 Å². The van der Waals surface area contributed by atoms with Crippen LogP contribution in [-0.4, -0.2) is 21.8 Å². The van der Waals surface area contributed by atoms with Gasteiger partial charge >= 0.3 is 12.1 Å². The summed E-state index contributed by atoms with van der Waals surface area (Å²) in [5.74, 6) is -1.15. The molecule has 0 amide bonds. The second kappa shape index (κ2) is 5.44. The van der Waals surface area contributed by atoms with Gasteiger partial charge in [0.2, 0.25) is 0 Å². The van der Waals surface area contributed by atoms with Crippen LogP contribution in [0.25, 0.3) is 0 Å². The van der Waals surface area contributed by atoms with Crippen molar-refractivity contribution in [3.05, 3.63) is 23.0 Å². The minimum atomic E-state index is -4.16. The molecule has 0 spiro atoms. The number of nitrogens with zero attached hydrogens (tertiary/aromatic N) is 1. The number of hydrogen-bond acceptors (Lipinski definition) is 1. The zero-order valence-electron chi connectivity index (χ0n) is 8.80. The van der Waals surface area contributed by atoms with Crippen LogP contribution >= 0.6 is 11.6 Å². The van der Waals surface area contributed by atoms with Crippen LogP contribution in [0.4, 0.5) is 13.2 Å². The van der Waals surface area contributed by atoms with Crippen molar-refractivity contribution in [2.24, 2.45) is 0 Å². The van der Waals surface area contributed by atoms with Crippen molar-refractivity contribution in [1.82, 2.24) is 4.57 Å². The van der Waals surface area contributed by atoms with Crippen molar-refractivity contribution >= 4 is 17.6 Å². The van der Waals surface area contributed by atoms with Gasteiger partial charge in [-0.25, -0.2) is 4.79 Å². The van der Waals surface area contributed by atoms with Crippen molar-refractivity contribution in [3.8, 4) is 0 Å². The summed E-state index contributed by atoms with van der Waals surface area (Å²) in [5, 5.41) is 9.07. The molecule has 0 unspecified atom stereocenters. The zero-order chi connectivity index (χ0) is 13.1. The molecule has 7 heteroatoms. The van der Waals surface area contributed by atoms with Gasteiger partial charge in [0.05, 0.1) is 5.02 Å². The minimum absolute atomic E-state index is 0.0120. The number of aromatic carboxylic acids is 1. The van der Waals surface area contributed by atoms with E-state index in [-0.39, 0.29) is 30.1 Å². The predicted octanol–water partition coefficient (Wildman–Crippen LogP) is 3.57. The van der Waals surface area contributed by atoms with Gasteiger partial charge in [-0.1, -0.05) is 11.6 Å². The third kappa shape index (κ3) is 4.68. The van der Waals surface area contributed by atoms with E-state index in [1.807, 2.05) is 0 Å². The van der Waals surface area contributed by atoms with Crippen LogP contribution in [0.15, 0.2) is 12.3 Å². The van der Waals surface area contributed by atoms with Crippen molar-refractivity contribution < 1.29 is 23.1 Å². The smallest absolute Gasteiger partial charge is 0.389 e. The van der Waals surface area contributed by atoms with Crippen molar-refractivity contribution in [3.63, 3.8) is 0 Å². The lowest BCUT2D eigenvalue weighted by molar-refractivity contribution is -0.135. The van der Waals surface area contributed by atoms with Gasteiger partial charge in [0.15, 0.2) is 0 Å². The largest absolute Gasteiger partial charge is 0.477 e. The first-order valence-electron chi connectivity index (χ1n) is 4.95. The molecule has 0 atom stereocenters. The number of unbranched alkanes of at least 4 members (excludes halogenated alkanes) is 1. The molecule has 1 heterocycles.